The molecule has 0 saturated carbocycles. The number of halogens is 3. The first-order valence-electron chi connectivity index (χ1n) is 5.63. The quantitative estimate of drug-likeness (QED) is 0.600. The Morgan fingerprint density at radius 2 is 1.89 bits per heavy atom. The number of hydrogen-bond acceptors (Lipinski definition) is 3. The predicted octanol–water partition coefficient (Wildman–Crippen LogP) is 5.42. The molecule has 1 aliphatic heterocycles. The van der Waals surface area contributed by atoms with Crippen molar-refractivity contribution in [2.75, 3.05) is 13.2 Å². The maximum absolute atomic E-state index is 6.07. The minimum atomic E-state index is 0.0946. The summed E-state index contributed by atoms with van der Waals surface area (Å²) in [6.45, 7) is 1.21. The van der Waals surface area contributed by atoms with Crippen molar-refractivity contribution in [2.24, 2.45) is 0 Å². The summed E-state index contributed by atoms with van der Waals surface area (Å²) in [7, 11) is 0. The zero-order valence-corrected chi connectivity index (χ0v) is 14.4. The molecule has 0 N–H and O–H groups in total. The average Bonchev–Trinajstić information content (AvgIpc) is 2.77. The van der Waals surface area contributed by atoms with Crippen LogP contribution in [0.2, 0.25) is 5.02 Å². The summed E-state index contributed by atoms with van der Waals surface area (Å²) in [5, 5.41) is 0.738. The second-order valence-electron chi connectivity index (χ2n) is 4.04. The Morgan fingerprint density at radius 1 is 1.16 bits per heavy atom. The van der Waals surface area contributed by atoms with Gasteiger partial charge < -0.3 is 9.47 Å². The molecule has 19 heavy (non-hydrogen) atoms. The van der Waals surface area contributed by atoms with E-state index in [1.54, 1.807) is 11.3 Å². The van der Waals surface area contributed by atoms with Crippen molar-refractivity contribution in [3.05, 3.63) is 43.5 Å². The zero-order valence-electron chi connectivity index (χ0n) is 9.66. The summed E-state index contributed by atoms with van der Waals surface area (Å²) >= 11 is 14.8. The molecule has 0 amide bonds. The van der Waals surface area contributed by atoms with Gasteiger partial charge in [-0.05, 0) is 39.7 Å². The molecule has 2 nitrogen and oxygen atoms in total. The standard InChI is InChI=1S/C13H9Br2ClO2S/c14-12(11-6-8(16)13(15)19-11)7-1-2-9-10(5-7)18-4-3-17-9/h1-2,5-6,12H,3-4H2. The highest BCUT2D eigenvalue weighted by molar-refractivity contribution is 9.11. The lowest BCUT2D eigenvalue weighted by molar-refractivity contribution is 0.171. The third-order valence-electron chi connectivity index (χ3n) is 2.77. The lowest BCUT2D eigenvalue weighted by Gasteiger charge is -2.19. The number of alkyl halides is 1. The fraction of sp³-hybridized carbons (Fsp3) is 0.231. The van der Waals surface area contributed by atoms with E-state index in [2.05, 4.69) is 31.9 Å². The SMILES string of the molecule is Clc1cc(C(Br)c2ccc3c(c2)OCCO3)sc1Br. The van der Waals surface area contributed by atoms with Gasteiger partial charge in [0, 0.05) is 4.88 Å². The molecule has 0 radical (unpaired) electrons. The lowest BCUT2D eigenvalue weighted by atomic mass is 10.1. The molecule has 0 fully saturated rings. The maximum Gasteiger partial charge on any atom is 0.161 e. The topological polar surface area (TPSA) is 18.5 Å². The minimum absolute atomic E-state index is 0.0946. The third kappa shape index (κ3) is 2.79. The number of benzene rings is 1. The number of rotatable bonds is 2. The van der Waals surface area contributed by atoms with Crippen molar-refractivity contribution in [1.29, 1.82) is 0 Å². The monoisotopic (exact) mass is 422 g/mol. The molecule has 6 heteroatoms. The second-order valence-corrected chi connectivity index (χ2v) is 7.76. The maximum atomic E-state index is 6.07. The second kappa shape index (κ2) is 5.64. The van der Waals surface area contributed by atoms with Crippen molar-refractivity contribution in [1.82, 2.24) is 0 Å². The van der Waals surface area contributed by atoms with Crippen molar-refractivity contribution in [2.45, 2.75) is 4.83 Å². The van der Waals surface area contributed by atoms with E-state index in [1.807, 2.05) is 24.3 Å². The number of thiophene rings is 1. The normalized spacial score (nSPS) is 15.3. The Hall–Kier alpha value is -0.230. The molecule has 2 aromatic rings. The molecule has 0 spiro atoms. The number of fused-ring (bicyclic) bond motifs is 1. The highest BCUT2D eigenvalue weighted by atomic mass is 79.9. The minimum Gasteiger partial charge on any atom is -0.486 e. The van der Waals surface area contributed by atoms with Gasteiger partial charge in [0.1, 0.15) is 13.2 Å². The van der Waals surface area contributed by atoms with Crippen LogP contribution in [0.4, 0.5) is 0 Å². The molecule has 1 unspecified atom stereocenters. The molecule has 2 heterocycles. The number of ether oxygens (including phenoxy) is 2. The summed E-state index contributed by atoms with van der Waals surface area (Å²) in [6, 6.07) is 7.96. The third-order valence-corrected chi connectivity index (χ3v) is 6.64. The molecule has 1 aliphatic rings. The van der Waals surface area contributed by atoms with E-state index < -0.39 is 0 Å². The smallest absolute Gasteiger partial charge is 0.161 e. The van der Waals surface area contributed by atoms with Crippen LogP contribution in [0.5, 0.6) is 11.5 Å². The van der Waals surface area contributed by atoms with Crippen LogP contribution in [0.3, 0.4) is 0 Å². The van der Waals surface area contributed by atoms with Gasteiger partial charge in [-0.25, -0.2) is 0 Å². The molecule has 1 aromatic carbocycles. The molecular formula is C13H9Br2ClO2S. The summed E-state index contributed by atoms with van der Waals surface area (Å²) < 4.78 is 12.1. The molecule has 1 aromatic heterocycles. The fourth-order valence-electron chi connectivity index (χ4n) is 1.87. The first kappa shape index (κ1) is 13.7. The Bertz CT molecular complexity index is 595. The van der Waals surface area contributed by atoms with Crippen LogP contribution in [0.25, 0.3) is 0 Å². The van der Waals surface area contributed by atoms with Crippen LogP contribution >= 0.6 is 54.8 Å². The van der Waals surface area contributed by atoms with Gasteiger partial charge in [-0.15, -0.1) is 11.3 Å². The molecule has 100 valence electrons. The van der Waals surface area contributed by atoms with Crippen LogP contribution in [0, 0.1) is 0 Å². The van der Waals surface area contributed by atoms with Gasteiger partial charge >= 0.3 is 0 Å². The van der Waals surface area contributed by atoms with E-state index in [0.29, 0.717) is 13.2 Å². The fourth-order valence-corrected chi connectivity index (χ4v) is 4.32. The van der Waals surface area contributed by atoms with E-state index >= 15 is 0 Å². The van der Waals surface area contributed by atoms with Crippen molar-refractivity contribution in [3.63, 3.8) is 0 Å². The van der Waals surface area contributed by atoms with Gasteiger partial charge in [0.2, 0.25) is 0 Å². The Labute approximate surface area is 136 Å². The van der Waals surface area contributed by atoms with Gasteiger partial charge in [-0.3, -0.25) is 0 Å². The molecule has 0 saturated heterocycles. The van der Waals surface area contributed by atoms with Crippen molar-refractivity contribution in [3.8, 4) is 11.5 Å². The van der Waals surface area contributed by atoms with E-state index in [-0.39, 0.29) is 4.83 Å². The zero-order chi connectivity index (χ0) is 13.4. The summed E-state index contributed by atoms with van der Waals surface area (Å²) in [6.07, 6.45) is 0. The van der Waals surface area contributed by atoms with E-state index in [4.69, 9.17) is 21.1 Å². The first-order chi connectivity index (χ1) is 9.15. The predicted molar refractivity (Wildman–Crippen MR) is 85.2 cm³/mol. The summed E-state index contributed by atoms with van der Waals surface area (Å²) in [4.78, 5) is 1.24. The van der Waals surface area contributed by atoms with E-state index in [1.165, 1.54) is 0 Å². The highest BCUT2D eigenvalue weighted by Crippen LogP contribution is 2.43. The molecule has 3 rings (SSSR count). The van der Waals surface area contributed by atoms with Gasteiger partial charge in [0.05, 0.1) is 13.6 Å². The van der Waals surface area contributed by atoms with E-state index in [0.717, 1.165) is 30.7 Å². The number of hydrogen-bond donors (Lipinski definition) is 0. The van der Waals surface area contributed by atoms with Crippen LogP contribution in [-0.4, -0.2) is 13.2 Å². The average molecular weight is 425 g/mol. The first-order valence-corrected chi connectivity index (χ1v) is 8.54. The van der Waals surface area contributed by atoms with Gasteiger partial charge in [0.15, 0.2) is 11.5 Å². The van der Waals surface area contributed by atoms with Crippen LogP contribution in [-0.2, 0) is 0 Å². The summed E-state index contributed by atoms with van der Waals surface area (Å²) in [5.41, 5.74) is 1.12. The highest BCUT2D eigenvalue weighted by Gasteiger charge is 2.18. The lowest BCUT2D eigenvalue weighted by Crippen LogP contribution is -2.15. The largest absolute Gasteiger partial charge is 0.486 e. The Balaban J connectivity index is 1.93. The molecular weight excluding hydrogens is 415 g/mol. The Morgan fingerprint density at radius 3 is 2.58 bits per heavy atom. The van der Waals surface area contributed by atoms with Gasteiger partial charge in [-0.2, -0.15) is 0 Å². The van der Waals surface area contributed by atoms with Crippen LogP contribution in [0.1, 0.15) is 15.3 Å². The molecule has 1 atom stereocenters. The Kier molecular flexibility index (Phi) is 4.08. The van der Waals surface area contributed by atoms with Gasteiger partial charge in [-0.1, -0.05) is 33.6 Å². The molecule has 0 aliphatic carbocycles. The molecule has 0 bridgehead atoms. The van der Waals surface area contributed by atoms with Crippen molar-refractivity contribution >= 4 is 54.8 Å². The summed E-state index contributed by atoms with van der Waals surface area (Å²) in [5.74, 6) is 1.61. The van der Waals surface area contributed by atoms with Gasteiger partial charge in [0.25, 0.3) is 0 Å². The van der Waals surface area contributed by atoms with Crippen LogP contribution in [0.15, 0.2) is 28.1 Å². The van der Waals surface area contributed by atoms with E-state index in [9.17, 15) is 0 Å². The van der Waals surface area contributed by atoms with Crippen LogP contribution < -0.4 is 9.47 Å². The van der Waals surface area contributed by atoms with Crippen molar-refractivity contribution < 1.29 is 9.47 Å².